The van der Waals surface area contributed by atoms with Crippen LogP contribution in [-0.4, -0.2) is 34.8 Å². The van der Waals surface area contributed by atoms with E-state index in [1.165, 1.54) is 30.9 Å². The van der Waals surface area contributed by atoms with Crippen LogP contribution in [0.25, 0.3) is 0 Å². The quantitative estimate of drug-likeness (QED) is 0.819. The maximum absolute atomic E-state index is 12.0. The number of hydrogen-bond acceptors (Lipinski definition) is 4. The second-order valence-electron chi connectivity index (χ2n) is 4.79. The average Bonchev–Trinajstić information content (AvgIpc) is 2.64. The van der Waals surface area contributed by atoms with Gasteiger partial charge in [0.1, 0.15) is 10.4 Å². The summed E-state index contributed by atoms with van der Waals surface area (Å²) in [5.74, 6) is -1.25. The van der Waals surface area contributed by atoms with Gasteiger partial charge in [-0.3, -0.25) is 9.48 Å². The molecule has 1 aromatic rings. The van der Waals surface area contributed by atoms with Crippen molar-refractivity contribution in [3.8, 4) is 0 Å². The average molecular weight is 275 g/mol. The molecule has 0 atom stereocenters. The van der Waals surface area contributed by atoms with Crippen LogP contribution in [0.4, 0.5) is 0 Å². The second-order valence-corrected chi connectivity index (χ2v) is 6.47. The van der Waals surface area contributed by atoms with Gasteiger partial charge in [0.15, 0.2) is 0 Å². The van der Waals surface area contributed by atoms with E-state index in [1.54, 1.807) is 0 Å². The van der Waals surface area contributed by atoms with Crippen molar-refractivity contribution in [1.29, 1.82) is 0 Å². The summed E-state index contributed by atoms with van der Waals surface area (Å²) in [7, 11) is -3.89. The molecule has 0 amide bonds. The van der Waals surface area contributed by atoms with E-state index in [2.05, 4.69) is 9.82 Å². The lowest BCUT2D eigenvalue weighted by molar-refractivity contribution is -0.142. The fraction of sp³-hybridized carbons (Fsp3) is 0.600. The van der Waals surface area contributed by atoms with E-state index in [0.717, 1.165) is 0 Å². The zero-order valence-electron chi connectivity index (χ0n) is 10.7. The van der Waals surface area contributed by atoms with E-state index >= 15 is 0 Å². The molecule has 0 radical (unpaired) electrons. The number of nitrogens with one attached hydrogen (secondary N) is 1. The summed E-state index contributed by atoms with van der Waals surface area (Å²) in [5, 5.41) is 12.8. The van der Waals surface area contributed by atoms with Crippen molar-refractivity contribution in [3.63, 3.8) is 0 Å². The van der Waals surface area contributed by atoms with Crippen LogP contribution in [0.1, 0.15) is 33.7 Å². The van der Waals surface area contributed by atoms with Gasteiger partial charge in [-0.15, -0.1) is 0 Å². The fourth-order valence-electron chi connectivity index (χ4n) is 1.18. The van der Waals surface area contributed by atoms with Gasteiger partial charge >= 0.3 is 5.97 Å². The minimum absolute atomic E-state index is 0.0291. The first-order valence-electron chi connectivity index (χ1n) is 5.38. The van der Waals surface area contributed by atoms with Gasteiger partial charge < -0.3 is 5.11 Å². The van der Waals surface area contributed by atoms with Crippen LogP contribution in [-0.2, 0) is 14.8 Å². The molecule has 0 bridgehead atoms. The molecule has 0 aliphatic carbocycles. The van der Waals surface area contributed by atoms with Crippen molar-refractivity contribution >= 4 is 16.0 Å². The highest BCUT2D eigenvalue weighted by Gasteiger charge is 2.33. The van der Waals surface area contributed by atoms with Crippen LogP contribution < -0.4 is 4.72 Å². The van der Waals surface area contributed by atoms with Gasteiger partial charge in [-0.25, -0.2) is 8.42 Å². The number of aliphatic carboxylic acids is 1. The fourth-order valence-corrected chi connectivity index (χ4v) is 2.49. The highest BCUT2D eigenvalue weighted by Crippen LogP contribution is 2.14. The molecule has 1 heterocycles. The Balaban J connectivity index is 3.03. The summed E-state index contributed by atoms with van der Waals surface area (Å²) in [4.78, 5) is 10.8. The van der Waals surface area contributed by atoms with Crippen LogP contribution in [0.5, 0.6) is 0 Å². The molecule has 1 rings (SSSR count). The molecular formula is C10H17N3O4S. The third-order valence-electron chi connectivity index (χ3n) is 2.34. The Hall–Kier alpha value is -1.41. The molecule has 0 aliphatic heterocycles. The number of carboxylic acid groups (broad SMARTS) is 1. The van der Waals surface area contributed by atoms with Crippen molar-refractivity contribution in [2.24, 2.45) is 0 Å². The highest BCUT2D eigenvalue weighted by molar-refractivity contribution is 7.89. The largest absolute Gasteiger partial charge is 0.480 e. The summed E-state index contributed by atoms with van der Waals surface area (Å²) in [6, 6.07) is 0.0291. The number of carbonyl (C=O) groups is 1. The standard InChI is InChI=1S/C10H17N3O4S/c1-7(2)13-6-8(5-11-13)18(16,17)12-10(3,4)9(14)15/h5-7,12H,1-4H3,(H,14,15). The Morgan fingerprint density at radius 3 is 2.44 bits per heavy atom. The molecule has 0 spiro atoms. The van der Waals surface area contributed by atoms with Gasteiger partial charge in [-0.2, -0.15) is 9.82 Å². The van der Waals surface area contributed by atoms with E-state index in [4.69, 9.17) is 5.11 Å². The number of nitrogens with zero attached hydrogens (tertiary/aromatic N) is 2. The SMILES string of the molecule is CC(C)n1cc(S(=O)(=O)NC(C)(C)C(=O)O)cn1. The van der Waals surface area contributed by atoms with Crippen molar-refractivity contribution in [2.45, 2.75) is 44.2 Å². The van der Waals surface area contributed by atoms with Gasteiger partial charge in [-0.05, 0) is 27.7 Å². The topological polar surface area (TPSA) is 101 Å². The smallest absolute Gasteiger partial charge is 0.324 e. The van der Waals surface area contributed by atoms with Crippen LogP contribution in [0, 0.1) is 0 Å². The van der Waals surface area contributed by atoms with Gasteiger partial charge in [0.2, 0.25) is 10.0 Å². The minimum atomic E-state index is -3.89. The Labute approximate surface area is 106 Å². The van der Waals surface area contributed by atoms with E-state index in [9.17, 15) is 13.2 Å². The Bertz CT molecular complexity index is 545. The lowest BCUT2D eigenvalue weighted by Gasteiger charge is -2.20. The molecule has 18 heavy (non-hydrogen) atoms. The maximum atomic E-state index is 12.0. The monoisotopic (exact) mass is 275 g/mol. The summed E-state index contributed by atoms with van der Waals surface area (Å²) < 4.78 is 27.5. The summed E-state index contributed by atoms with van der Waals surface area (Å²) in [5.41, 5.74) is -1.57. The number of rotatable bonds is 5. The lowest BCUT2D eigenvalue weighted by Crippen LogP contribution is -2.49. The van der Waals surface area contributed by atoms with E-state index < -0.39 is 21.5 Å². The zero-order chi connectivity index (χ0) is 14.1. The number of carboxylic acids is 1. The van der Waals surface area contributed by atoms with E-state index in [1.807, 2.05) is 13.8 Å². The molecule has 102 valence electrons. The minimum Gasteiger partial charge on any atom is -0.480 e. The predicted molar refractivity (Wildman–Crippen MR) is 64.6 cm³/mol. The predicted octanol–water partition coefficient (Wildman–Crippen LogP) is 0.606. The van der Waals surface area contributed by atoms with Crippen molar-refractivity contribution < 1.29 is 18.3 Å². The molecule has 0 unspecified atom stereocenters. The third-order valence-corrected chi connectivity index (χ3v) is 3.95. The Morgan fingerprint density at radius 2 is 2.06 bits per heavy atom. The third kappa shape index (κ3) is 3.08. The highest BCUT2D eigenvalue weighted by atomic mass is 32.2. The Kier molecular flexibility index (Phi) is 3.82. The zero-order valence-corrected chi connectivity index (χ0v) is 11.5. The Morgan fingerprint density at radius 1 is 1.50 bits per heavy atom. The summed E-state index contributed by atoms with van der Waals surface area (Å²) in [6.45, 7) is 6.27. The van der Waals surface area contributed by atoms with Gasteiger partial charge in [0.05, 0.1) is 6.20 Å². The maximum Gasteiger partial charge on any atom is 0.324 e. The van der Waals surface area contributed by atoms with Crippen LogP contribution in [0.3, 0.4) is 0 Å². The number of hydrogen-bond donors (Lipinski definition) is 2. The molecule has 7 nitrogen and oxygen atoms in total. The molecule has 0 aliphatic rings. The first-order chi connectivity index (χ1) is 8.06. The molecule has 0 saturated heterocycles. The number of sulfonamides is 1. The molecule has 0 aromatic carbocycles. The van der Waals surface area contributed by atoms with E-state index in [0.29, 0.717) is 0 Å². The van der Waals surface area contributed by atoms with Crippen LogP contribution in [0.2, 0.25) is 0 Å². The molecule has 1 aromatic heterocycles. The summed E-state index contributed by atoms with van der Waals surface area (Å²) in [6.07, 6.45) is 2.56. The van der Waals surface area contributed by atoms with Gasteiger partial charge in [-0.1, -0.05) is 0 Å². The molecule has 0 saturated carbocycles. The molecule has 0 fully saturated rings. The van der Waals surface area contributed by atoms with Crippen LogP contribution in [0.15, 0.2) is 17.3 Å². The normalized spacial score (nSPS) is 12.9. The molecular weight excluding hydrogens is 258 g/mol. The second kappa shape index (κ2) is 4.69. The van der Waals surface area contributed by atoms with E-state index in [-0.39, 0.29) is 10.9 Å². The van der Waals surface area contributed by atoms with Crippen molar-refractivity contribution in [2.75, 3.05) is 0 Å². The van der Waals surface area contributed by atoms with Crippen molar-refractivity contribution in [1.82, 2.24) is 14.5 Å². The van der Waals surface area contributed by atoms with Crippen molar-refractivity contribution in [3.05, 3.63) is 12.4 Å². The van der Waals surface area contributed by atoms with Gasteiger partial charge in [0, 0.05) is 12.2 Å². The first-order valence-corrected chi connectivity index (χ1v) is 6.86. The molecule has 2 N–H and O–H groups in total. The first kappa shape index (κ1) is 14.7. The van der Waals surface area contributed by atoms with Crippen LogP contribution >= 0.6 is 0 Å². The lowest BCUT2D eigenvalue weighted by atomic mass is 10.1. The number of aromatic nitrogens is 2. The molecule has 8 heteroatoms. The summed E-state index contributed by atoms with van der Waals surface area (Å²) >= 11 is 0. The van der Waals surface area contributed by atoms with Gasteiger partial charge in [0.25, 0.3) is 0 Å².